The Morgan fingerprint density at radius 1 is 1.08 bits per heavy atom. The molecule has 1 unspecified atom stereocenters. The van der Waals surface area contributed by atoms with Gasteiger partial charge in [0.05, 0.1) is 24.5 Å². The Hall–Kier alpha value is -4.09. The van der Waals surface area contributed by atoms with Gasteiger partial charge in [-0.05, 0) is 49.1 Å². The standard InChI is InChI=1S/C27H26F2N2O8/c1-36-16-3-4-17-18(12-22(37-20(17)11-16)23(32)31-9-6-14(13-31)24(33)34)30-25(35)26(7-8-26)15-2-5-19-21(10-15)39-27(28,29)38-19/h2-5,10-11,14,18,22H,6-9,12-13H2,1H3,(H,30,35)(H,33,34)/t14?,18-,22+/m0/s1. The quantitative estimate of drug-likeness (QED) is 0.569. The number of hydrogen-bond acceptors (Lipinski definition) is 7. The van der Waals surface area contributed by atoms with Crippen LogP contribution in [0.2, 0.25) is 0 Å². The zero-order valence-corrected chi connectivity index (χ0v) is 20.9. The first kappa shape index (κ1) is 25.2. The number of rotatable bonds is 6. The average molecular weight is 545 g/mol. The molecule has 2 aromatic rings. The number of carbonyl (C=O) groups is 3. The van der Waals surface area contributed by atoms with Crippen molar-refractivity contribution in [3.63, 3.8) is 0 Å². The number of alkyl halides is 2. The molecule has 0 radical (unpaired) electrons. The highest BCUT2D eigenvalue weighted by Crippen LogP contribution is 2.52. The minimum atomic E-state index is -3.76. The van der Waals surface area contributed by atoms with Gasteiger partial charge in [-0.1, -0.05) is 6.07 Å². The van der Waals surface area contributed by atoms with Crippen molar-refractivity contribution in [2.75, 3.05) is 20.2 Å². The number of carbonyl (C=O) groups excluding carboxylic acids is 2. The van der Waals surface area contributed by atoms with Crippen molar-refractivity contribution >= 4 is 17.8 Å². The van der Waals surface area contributed by atoms with Gasteiger partial charge in [0, 0.05) is 31.1 Å². The lowest BCUT2D eigenvalue weighted by molar-refractivity contribution is -0.286. The molecule has 12 heteroatoms. The minimum absolute atomic E-state index is 0.0966. The van der Waals surface area contributed by atoms with Crippen LogP contribution in [0.5, 0.6) is 23.0 Å². The predicted octanol–water partition coefficient (Wildman–Crippen LogP) is 2.99. The van der Waals surface area contributed by atoms with E-state index in [0.717, 1.165) is 0 Å². The summed E-state index contributed by atoms with van der Waals surface area (Å²) in [5, 5.41) is 12.4. The van der Waals surface area contributed by atoms with Gasteiger partial charge in [0.1, 0.15) is 11.5 Å². The van der Waals surface area contributed by atoms with Gasteiger partial charge in [-0.3, -0.25) is 14.4 Å². The normalized spacial score (nSPS) is 25.3. The van der Waals surface area contributed by atoms with Crippen molar-refractivity contribution in [1.29, 1.82) is 0 Å². The molecule has 2 aromatic carbocycles. The number of likely N-dealkylation sites (tertiary alicyclic amines) is 1. The predicted molar refractivity (Wildman–Crippen MR) is 129 cm³/mol. The van der Waals surface area contributed by atoms with E-state index >= 15 is 0 Å². The molecule has 2 amide bonds. The Bertz CT molecular complexity index is 1360. The molecule has 0 spiro atoms. The maximum atomic E-state index is 13.6. The molecule has 2 N–H and O–H groups in total. The molecule has 4 aliphatic rings. The van der Waals surface area contributed by atoms with Crippen molar-refractivity contribution in [3.05, 3.63) is 47.5 Å². The highest BCUT2D eigenvalue weighted by molar-refractivity contribution is 5.92. The second-order valence-corrected chi connectivity index (χ2v) is 10.3. The average Bonchev–Trinajstić information content (AvgIpc) is 3.45. The third-order valence-corrected chi connectivity index (χ3v) is 7.88. The summed E-state index contributed by atoms with van der Waals surface area (Å²) in [4.78, 5) is 39.8. The number of carboxylic acids is 1. The fourth-order valence-electron chi connectivity index (χ4n) is 5.54. The van der Waals surface area contributed by atoms with Crippen molar-refractivity contribution in [2.24, 2.45) is 5.92 Å². The topological polar surface area (TPSA) is 124 Å². The van der Waals surface area contributed by atoms with Crippen LogP contribution < -0.4 is 24.3 Å². The highest BCUT2D eigenvalue weighted by atomic mass is 19.3. The Labute approximate surface area is 221 Å². The van der Waals surface area contributed by atoms with Crippen LogP contribution in [-0.4, -0.2) is 60.4 Å². The van der Waals surface area contributed by atoms with E-state index in [9.17, 15) is 28.3 Å². The maximum absolute atomic E-state index is 13.6. The summed E-state index contributed by atoms with van der Waals surface area (Å²) in [6.07, 6.45) is -3.16. The zero-order valence-electron chi connectivity index (χ0n) is 20.9. The Balaban J connectivity index is 1.24. The lowest BCUT2D eigenvalue weighted by Gasteiger charge is -2.34. The first-order valence-corrected chi connectivity index (χ1v) is 12.7. The molecule has 3 heterocycles. The fraction of sp³-hybridized carbons (Fsp3) is 0.444. The summed E-state index contributed by atoms with van der Waals surface area (Å²) < 4.78 is 47.4. The number of amides is 2. The largest absolute Gasteiger partial charge is 0.586 e. The van der Waals surface area contributed by atoms with Crippen LogP contribution in [-0.2, 0) is 19.8 Å². The van der Waals surface area contributed by atoms with Gasteiger partial charge < -0.3 is 34.3 Å². The first-order valence-electron chi connectivity index (χ1n) is 12.7. The molecule has 3 atom stereocenters. The van der Waals surface area contributed by atoms with Crippen molar-refractivity contribution < 1.29 is 47.2 Å². The van der Waals surface area contributed by atoms with Crippen LogP contribution in [0, 0.1) is 5.92 Å². The second kappa shape index (κ2) is 8.99. The summed E-state index contributed by atoms with van der Waals surface area (Å²) >= 11 is 0. The van der Waals surface area contributed by atoms with E-state index in [1.807, 2.05) is 0 Å². The maximum Gasteiger partial charge on any atom is 0.586 e. The molecule has 206 valence electrons. The van der Waals surface area contributed by atoms with E-state index in [2.05, 4.69) is 14.8 Å². The number of fused-ring (bicyclic) bond motifs is 2. The number of hydrogen-bond donors (Lipinski definition) is 2. The Morgan fingerprint density at radius 2 is 1.85 bits per heavy atom. The fourth-order valence-corrected chi connectivity index (χ4v) is 5.54. The molecule has 2 fully saturated rings. The highest BCUT2D eigenvalue weighted by Gasteiger charge is 2.53. The van der Waals surface area contributed by atoms with E-state index in [-0.39, 0.29) is 36.3 Å². The van der Waals surface area contributed by atoms with Crippen LogP contribution in [0.25, 0.3) is 0 Å². The summed E-state index contributed by atoms with van der Waals surface area (Å²) in [6, 6.07) is 8.90. The molecule has 39 heavy (non-hydrogen) atoms. The molecular weight excluding hydrogens is 518 g/mol. The number of aliphatic carboxylic acids is 1. The smallest absolute Gasteiger partial charge is 0.497 e. The number of ether oxygens (including phenoxy) is 4. The van der Waals surface area contributed by atoms with Gasteiger partial charge in [-0.25, -0.2) is 0 Å². The molecule has 1 saturated heterocycles. The van der Waals surface area contributed by atoms with Crippen molar-refractivity contribution in [3.8, 4) is 23.0 Å². The van der Waals surface area contributed by atoms with Crippen molar-refractivity contribution in [1.82, 2.24) is 10.2 Å². The van der Waals surface area contributed by atoms with Gasteiger partial charge >= 0.3 is 12.3 Å². The summed E-state index contributed by atoms with van der Waals surface area (Å²) in [5.41, 5.74) is 0.273. The molecule has 0 aromatic heterocycles. The molecule has 1 saturated carbocycles. The third-order valence-electron chi connectivity index (χ3n) is 7.88. The van der Waals surface area contributed by atoms with Gasteiger partial charge in [-0.15, -0.1) is 8.78 Å². The number of carboxylic acid groups (broad SMARTS) is 1. The lowest BCUT2D eigenvalue weighted by atomic mass is 9.91. The van der Waals surface area contributed by atoms with Gasteiger partial charge in [-0.2, -0.15) is 0 Å². The summed E-state index contributed by atoms with van der Waals surface area (Å²) in [7, 11) is 1.50. The summed E-state index contributed by atoms with van der Waals surface area (Å²) in [5.74, 6) is -1.56. The van der Waals surface area contributed by atoms with Crippen LogP contribution in [0.3, 0.4) is 0 Å². The number of halogens is 2. The van der Waals surface area contributed by atoms with E-state index in [0.29, 0.717) is 48.4 Å². The van der Waals surface area contributed by atoms with E-state index in [1.165, 1.54) is 24.1 Å². The SMILES string of the molecule is COc1ccc2c(c1)O[C@@H](C(=O)N1CCC(C(=O)O)C1)C[C@@H]2NC(=O)C1(c2ccc3c(c2)OC(F)(F)O3)CC1. The van der Waals surface area contributed by atoms with Crippen LogP contribution in [0.15, 0.2) is 36.4 Å². The van der Waals surface area contributed by atoms with E-state index in [1.54, 1.807) is 24.3 Å². The number of nitrogens with zero attached hydrogens (tertiary/aromatic N) is 1. The second-order valence-electron chi connectivity index (χ2n) is 10.3. The summed E-state index contributed by atoms with van der Waals surface area (Å²) in [6.45, 7) is 0.409. The molecule has 10 nitrogen and oxygen atoms in total. The Morgan fingerprint density at radius 3 is 2.54 bits per heavy atom. The first-order chi connectivity index (χ1) is 18.6. The van der Waals surface area contributed by atoms with Crippen LogP contribution in [0.4, 0.5) is 8.78 Å². The van der Waals surface area contributed by atoms with E-state index in [4.69, 9.17) is 9.47 Å². The molecule has 3 aliphatic heterocycles. The number of methoxy groups -OCH3 is 1. The molecule has 0 bridgehead atoms. The molecular formula is C27H26F2N2O8. The number of nitrogens with one attached hydrogen (secondary N) is 1. The lowest BCUT2D eigenvalue weighted by Crippen LogP contribution is -2.47. The Kier molecular flexibility index (Phi) is 5.81. The zero-order chi connectivity index (χ0) is 27.5. The third kappa shape index (κ3) is 4.47. The number of benzene rings is 2. The molecule has 6 rings (SSSR count). The monoisotopic (exact) mass is 544 g/mol. The van der Waals surface area contributed by atoms with Crippen molar-refractivity contribution in [2.45, 2.75) is 49.5 Å². The minimum Gasteiger partial charge on any atom is -0.497 e. The van der Waals surface area contributed by atoms with Gasteiger partial charge in [0.15, 0.2) is 17.6 Å². The van der Waals surface area contributed by atoms with Crippen LogP contribution in [0.1, 0.15) is 42.9 Å². The van der Waals surface area contributed by atoms with Gasteiger partial charge in [0.25, 0.3) is 5.91 Å². The van der Waals surface area contributed by atoms with Crippen LogP contribution >= 0.6 is 0 Å². The van der Waals surface area contributed by atoms with E-state index < -0.39 is 35.7 Å². The molecule has 1 aliphatic carbocycles. The van der Waals surface area contributed by atoms with Gasteiger partial charge in [0.2, 0.25) is 5.91 Å².